The van der Waals surface area contributed by atoms with Crippen molar-refractivity contribution in [2.24, 2.45) is 0 Å². The van der Waals surface area contributed by atoms with Crippen LogP contribution in [0.15, 0.2) is 42.6 Å². The Kier molecular flexibility index (Phi) is 4.49. The number of halogens is 1. The smallest absolute Gasteiger partial charge is 0.255 e. The summed E-state index contributed by atoms with van der Waals surface area (Å²) in [6, 6.07) is 10.6. The predicted molar refractivity (Wildman–Crippen MR) is 105 cm³/mol. The fourth-order valence-electron chi connectivity index (χ4n) is 3.67. The summed E-state index contributed by atoms with van der Waals surface area (Å²) in [5, 5.41) is 7.69. The number of nitrogens with zero attached hydrogens (tertiary/aromatic N) is 1. The van der Waals surface area contributed by atoms with E-state index in [1.807, 2.05) is 31.2 Å². The van der Waals surface area contributed by atoms with Crippen LogP contribution in [0.1, 0.15) is 22.3 Å². The average molecular weight is 364 g/mol. The lowest BCUT2D eigenvalue weighted by molar-refractivity contribution is 0.0942. The van der Waals surface area contributed by atoms with Crippen LogP contribution in [0, 0.1) is 12.7 Å². The molecule has 1 aliphatic heterocycles. The van der Waals surface area contributed by atoms with E-state index >= 15 is 0 Å². The molecular weight excluding hydrogens is 343 g/mol. The zero-order valence-electron chi connectivity index (χ0n) is 15.1. The van der Waals surface area contributed by atoms with E-state index in [1.165, 1.54) is 6.07 Å². The highest BCUT2D eigenvalue weighted by molar-refractivity contribution is 6.11. The molecule has 0 bridgehead atoms. The second-order valence-corrected chi connectivity index (χ2v) is 6.92. The zero-order valence-corrected chi connectivity index (χ0v) is 15.1. The largest absolute Gasteiger partial charge is 0.383 e. The number of amides is 1. The van der Waals surface area contributed by atoms with Gasteiger partial charge < -0.3 is 16.4 Å². The van der Waals surface area contributed by atoms with Crippen molar-refractivity contribution in [2.75, 3.05) is 18.8 Å². The molecule has 2 aromatic carbocycles. The molecule has 27 heavy (non-hydrogen) atoms. The van der Waals surface area contributed by atoms with Crippen molar-refractivity contribution in [1.29, 1.82) is 0 Å². The first kappa shape index (κ1) is 17.4. The summed E-state index contributed by atoms with van der Waals surface area (Å²) in [6.45, 7) is 3.51. The second-order valence-electron chi connectivity index (χ2n) is 6.92. The van der Waals surface area contributed by atoms with Crippen molar-refractivity contribution in [3.63, 3.8) is 0 Å². The van der Waals surface area contributed by atoms with Crippen molar-refractivity contribution < 1.29 is 9.18 Å². The van der Waals surface area contributed by atoms with Gasteiger partial charge in [-0.05, 0) is 48.5 Å². The summed E-state index contributed by atoms with van der Waals surface area (Å²) in [4.78, 5) is 17.0. The van der Waals surface area contributed by atoms with E-state index in [-0.39, 0.29) is 23.6 Å². The fraction of sp³-hybridized carbons (Fsp3) is 0.238. The molecule has 6 heteroatoms. The van der Waals surface area contributed by atoms with Gasteiger partial charge in [0.25, 0.3) is 5.91 Å². The molecular formula is C21H21FN4O. The van der Waals surface area contributed by atoms with Gasteiger partial charge in [0.15, 0.2) is 0 Å². The number of fused-ring (bicyclic) bond motifs is 1. The Morgan fingerprint density at radius 1 is 1.33 bits per heavy atom. The third-order valence-electron chi connectivity index (χ3n) is 5.05. The Morgan fingerprint density at radius 2 is 2.19 bits per heavy atom. The third-order valence-corrected chi connectivity index (χ3v) is 5.05. The number of nitrogens with two attached hydrogens (primary N) is 1. The summed E-state index contributed by atoms with van der Waals surface area (Å²) >= 11 is 0. The quantitative estimate of drug-likeness (QED) is 0.667. The monoisotopic (exact) mass is 364 g/mol. The van der Waals surface area contributed by atoms with Crippen molar-refractivity contribution in [3.05, 3.63) is 59.5 Å². The van der Waals surface area contributed by atoms with Crippen LogP contribution >= 0.6 is 0 Å². The molecule has 0 aliphatic carbocycles. The summed E-state index contributed by atoms with van der Waals surface area (Å²) in [7, 11) is 0. The normalized spacial score (nSPS) is 16.6. The van der Waals surface area contributed by atoms with E-state index in [0.717, 1.165) is 36.0 Å². The number of aromatic nitrogens is 1. The van der Waals surface area contributed by atoms with Crippen molar-refractivity contribution >= 4 is 22.5 Å². The number of nitrogens with one attached hydrogen (secondary N) is 2. The molecule has 0 spiro atoms. The Morgan fingerprint density at radius 3 is 2.93 bits per heavy atom. The van der Waals surface area contributed by atoms with E-state index in [1.54, 1.807) is 12.3 Å². The van der Waals surface area contributed by atoms with E-state index in [0.29, 0.717) is 16.5 Å². The SMILES string of the molecule is Cc1cccc(F)c1-c1ccc2c(C(=O)N[C@@H]3CCNC3)c(N)ncc2c1. The lowest BCUT2D eigenvalue weighted by Gasteiger charge is -2.15. The number of pyridine rings is 1. The minimum Gasteiger partial charge on any atom is -0.383 e. The number of benzene rings is 2. The van der Waals surface area contributed by atoms with E-state index in [2.05, 4.69) is 15.6 Å². The van der Waals surface area contributed by atoms with E-state index < -0.39 is 0 Å². The lowest BCUT2D eigenvalue weighted by atomic mass is 9.96. The number of carbonyl (C=O) groups is 1. The number of rotatable bonds is 3. The average Bonchev–Trinajstić information content (AvgIpc) is 3.14. The van der Waals surface area contributed by atoms with Gasteiger partial charge in [-0.2, -0.15) is 0 Å². The number of aryl methyl sites for hydroxylation is 1. The van der Waals surface area contributed by atoms with Crippen molar-refractivity contribution in [3.8, 4) is 11.1 Å². The summed E-state index contributed by atoms with van der Waals surface area (Å²) < 4.78 is 14.3. The fourth-order valence-corrected chi connectivity index (χ4v) is 3.67. The number of carbonyl (C=O) groups excluding carboxylic acids is 1. The maximum absolute atomic E-state index is 14.3. The van der Waals surface area contributed by atoms with Gasteiger partial charge in [-0.15, -0.1) is 0 Å². The minimum atomic E-state index is -0.274. The maximum Gasteiger partial charge on any atom is 0.255 e. The molecule has 1 aliphatic rings. The molecule has 4 N–H and O–H groups in total. The lowest BCUT2D eigenvalue weighted by Crippen LogP contribution is -2.36. The van der Waals surface area contributed by atoms with Gasteiger partial charge in [-0.25, -0.2) is 9.37 Å². The minimum absolute atomic E-state index is 0.0903. The van der Waals surface area contributed by atoms with Crippen LogP contribution in [0.2, 0.25) is 0 Å². The first-order chi connectivity index (χ1) is 13.0. The number of nitrogen functional groups attached to an aromatic ring is 1. The molecule has 0 radical (unpaired) electrons. The molecule has 3 aromatic rings. The van der Waals surface area contributed by atoms with Crippen LogP contribution in [0.25, 0.3) is 21.9 Å². The van der Waals surface area contributed by atoms with Gasteiger partial charge in [-0.3, -0.25) is 4.79 Å². The predicted octanol–water partition coefficient (Wildman–Crippen LogP) is 3.02. The molecule has 2 heterocycles. The highest BCUT2D eigenvalue weighted by Crippen LogP contribution is 2.31. The van der Waals surface area contributed by atoms with E-state index in [4.69, 9.17) is 5.73 Å². The molecule has 1 amide bonds. The molecule has 1 fully saturated rings. The summed E-state index contributed by atoms with van der Waals surface area (Å²) in [5.74, 6) is -0.306. The number of anilines is 1. The molecule has 0 saturated carbocycles. The third kappa shape index (κ3) is 3.24. The topological polar surface area (TPSA) is 80.0 Å². The summed E-state index contributed by atoms with van der Waals surface area (Å²) in [6.07, 6.45) is 2.51. The zero-order chi connectivity index (χ0) is 19.0. The summed E-state index contributed by atoms with van der Waals surface area (Å²) in [5.41, 5.74) is 8.54. The molecule has 1 aromatic heterocycles. The standard InChI is InChI=1S/C21H21FN4O/c1-12-3-2-4-17(22)18(12)13-5-6-16-14(9-13)10-25-20(23)19(16)21(27)26-15-7-8-24-11-15/h2-6,9-10,15,24H,7-8,11H2,1H3,(H2,23,25)(H,26,27)/t15-/m1/s1. The van der Waals surface area contributed by atoms with Crippen molar-refractivity contribution in [1.82, 2.24) is 15.6 Å². The molecule has 4 rings (SSSR count). The van der Waals surface area contributed by atoms with Gasteiger partial charge in [0.1, 0.15) is 11.6 Å². The first-order valence-electron chi connectivity index (χ1n) is 9.00. The Labute approximate surface area is 156 Å². The van der Waals surface area contributed by atoms with Crippen LogP contribution in [0.3, 0.4) is 0 Å². The first-order valence-corrected chi connectivity index (χ1v) is 9.00. The van der Waals surface area contributed by atoms with Crippen LogP contribution in [0.5, 0.6) is 0 Å². The van der Waals surface area contributed by atoms with Gasteiger partial charge in [0, 0.05) is 29.7 Å². The molecule has 138 valence electrons. The molecule has 1 atom stereocenters. The van der Waals surface area contributed by atoms with Crippen LogP contribution in [-0.2, 0) is 0 Å². The Bertz CT molecular complexity index is 1010. The second kappa shape index (κ2) is 6.96. The molecule has 1 saturated heterocycles. The molecule has 0 unspecified atom stereocenters. The highest BCUT2D eigenvalue weighted by atomic mass is 19.1. The van der Waals surface area contributed by atoms with Gasteiger partial charge >= 0.3 is 0 Å². The number of hydrogen-bond acceptors (Lipinski definition) is 4. The van der Waals surface area contributed by atoms with Crippen molar-refractivity contribution in [2.45, 2.75) is 19.4 Å². The van der Waals surface area contributed by atoms with E-state index in [9.17, 15) is 9.18 Å². The Balaban J connectivity index is 1.78. The molecule has 5 nitrogen and oxygen atoms in total. The van der Waals surface area contributed by atoms with Gasteiger partial charge in [-0.1, -0.05) is 24.3 Å². The maximum atomic E-state index is 14.3. The highest BCUT2D eigenvalue weighted by Gasteiger charge is 2.21. The van der Waals surface area contributed by atoms with Crippen LogP contribution in [0.4, 0.5) is 10.2 Å². The van der Waals surface area contributed by atoms with Gasteiger partial charge in [0.2, 0.25) is 0 Å². The van der Waals surface area contributed by atoms with Crippen LogP contribution in [-0.4, -0.2) is 30.0 Å². The van der Waals surface area contributed by atoms with Gasteiger partial charge in [0.05, 0.1) is 5.56 Å². The Hall–Kier alpha value is -2.99. The van der Waals surface area contributed by atoms with Crippen LogP contribution < -0.4 is 16.4 Å². The number of hydrogen-bond donors (Lipinski definition) is 3.